The van der Waals surface area contributed by atoms with Crippen LogP contribution in [0.5, 0.6) is 0 Å². The molecular weight excluding hydrogens is 340 g/mol. The number of hydrogen-bond acceptors (Lipinski definition) is 3. The van der Waals surface area contributed by atoms with E-state index in [2.05, 4.69) is 32.1 Å². The zero-order chi connectivity index (χ0) is 20.1. The van der Waals surface area contributed by atoms with E-state index in [0.717, 1.165) is 32.1 Å². The molecule has 0 heterocycles. The molecule has 0 amide bonds. The summed E-state index contributed by atoms with van der Waals surface area (Å²) >= 11 is 0. The molecule has 2 N–H and O–H groups in total. The molecule has 0 saturated heterocycles. The van der Waals surface area contributed by atoms with Gasteiger partial charge in [0.1, 0.15) is 5.78 Å². The van der Waals surface area contributed by atoms with Gasteiger partial charge >= 0.3 is 5.97 Å². The SMILES string of the molecule is CC(C)=CCCCCCC=C[C@H]1CCC(=O)[C@@H]1CCCCCC(O)C(=O)O. The highest BCUT2D eigenvalue weighted by molar-refractivity contribution is 5.83. The van der Waals surface area contributed by atoms with Gasteiger partial charge in [0.2, 0.25) is 0 Å². The van der Waals surface area contributed by atoms with Gasteiger partial charge in [-0.3, -0.25) is 4.79 Å². The van der Waals surface area contributed by atoms with E-state index in [1.54, 1.807) is 0 Å². The first-order chi connectivity index (χ1) is 12.9. The number of aliphatic carboxylic acids is 1. The molecule has 0 aromatic carbocycles. The fourth-order valence-corrected chi connectivity index (χ4v) is 3.79. The van der Waals surface area contributed by atoms with Crippen LogP contribution >= 0.6 is 0 Å². The second-order valence-electron chi connectivity index (χ2n) is 8.12. The van der Waals surface area contributed by atoms with Gasteiger partial charge in [0.15, 0.2) is 6.10 Å². The fraction of sp³-hybridized carbons (Fsp3) is 0.739. The number of hydrogen-bond donors (Lipinski definition) is 2. The highest BCUT2D eigenvalue weighted by Gasteiger charge is 2.32. The minimum atomic E-state index is -1.25. The molecule has 0 spiro atoms. The third-order valence-electron chi connectivity index (χ3n) is 5.44. The number of carboxylic acid groups (broad SMARTS) is 1. The average molecular weight is 379 g/mol. The van der Waals surface area contributed by atoms with Crippen molar-refractivity contribution in [2.24, 2.45) is 11.8 Å². The molecule has 1 rings (SSSR count). The lowest BCUT2D eigenvalue weighted by molar-refractivity contribution is -0.146. The molecule has 0 aliphatic heterocycles. The normalized spacial score (nSPS) is 20.9. The summed E-state index contributed by atoms with van der Waals surface area (Å²) in [5.41, 5.74) is 1.39. The lowest BCUT2D eigenvalue weighted by Gasteiger charge is -2.15. The van der Waals surface area contributed by atoms with Crippen LogP contribution in [0.25, 0.3) is 0 Å². The number of Topliss-reactive ketones (excluding diaryl/α,β-unsaturated/α-hetero) is 1. The van der Waals surface area contributed by atoms with E-state index in [1.807, 2.05) is 0 Å². The molecule has 1 fully saturated rings. The Morgan fingerprint density at radius 2 is 1.81 bits per heavy atom. The predicted octanol–water partition coefficient (Wildman–Crippen LogP) is 5.45. The van der Waals surface area contributed by atoms with Gasteiger partial charge < -0.3 is 10.2 Å². The molecule has 4 heteroatoms. The van der Waals surface area contributed by atoms with Crippen LogP contribution < -0.4 is 0 Å². The maximum atomic E-state index is 12.2. The van der Waals surface area contributed by atoms with Gasteiger partial charge in [-0.25, -0.2) is 4.79 Å². The standard InChI is InChI=1S/C23H38O4/c1-18(2)12-8-5-3-4-6-9-13-19-16-17-21(24)20(19)14-10-7-11-15-22(25)23(26)27/h9,12-13,19-20,22,25H,3-8,10-11,14-17H2,1-2H3,(H,26,27)/t19-,20+,22?/m0/s1. The molecule has 0 radical (unpaired) electrons. The van der Waals surface area contributed by atoms with Crippen molar-refractivity contribution in [3.05, 3.63) is 23.8 Å². The number of rotatable bonds is 14. The van der Waals surface area contributed by atoms with Crippen molar-refractivity contribution in [1.82, 2.24) is 0 Å². The van der Waals surface area contributed by atoms with Gasteiger partial charge in [0.05, 0.1) is 0 Å². The zero-order valence-electron chi connectivity index (χ0n) is 17.2. The molecule has 3 atom stereocenters. The molecule has 27 heavy (non-hydrogen) atoms. The van der Waals surface area contributed by atoms with E-state index in [4.69, 9.17) is 5.11 Å². The van der Waals surface area contributed by atoms with E-state index in [1.165, 1.54) is 31.3 Å². The number of aliphatic hydroxyl groups excluding tert-OH is 1. The maximum Gasteiger partial charge on any atom is 0.332 e. The van der Waals surface area contributed by atoms with E-state index in [9.17, 15) is 14.7 Å². The van der Waals surface area contributed by atoms with Gasteiger partial charge in [0, 0.05) is 12.3 Å². The van der Waals surface area contributed by atoms with Crippen molar-refractivity contribution in [2.75, 3.05) is 0 Å². The van der Waals surface area contributed by atoms with Crippen molar-refractivity contribution in [3.63, 3.8) is 0 Å². The lowest BCUT2D eigenvalue weighted by atomic mass is 9.89. The Labute approximate surface area is 164 Å². The summed E-state index contributed by atoms with van der Waals surface area (Å²) in [4.78, 5) is 22.7. The van der Waals surface area contributed by atoms with Crippen LogP contribution in [0.4, 0.5) is 0 Å². The topological polar surface area (TPSA) is 74.6 Å². The monoisotopic (exact) mass is 378 g/mol. The van der Waals surface area contributed by atoms with Crippen molar-refractivity contribution in [3.8, 4) is 0 Å². The number of aliphatic hydroxyl groups is 1. The van der Waals surface area contributed by atoms with Crippen LogP contribution in [-0.4, -0.2) is 28.1 Å². The smallest absolute Gasteiger partial charge is 0.332 e. The van der Waals surface area contributed by atoms with E-state index < -0.39 is 12.1 Å². The largest absolute Gasteiger partial charge is 0.479 e. The van der Waals surface area contributed by atoms with Gasteiger partial charge in [-0.1, -0.05) is 49.5 Å². The van der Waals surface area contributed by atoms with Crippen LogP contribution in [0, 0.1) is 11.8 Å². The first-order valence-corrected chi connectivity index (χ1v) is 10.7. The molecule has 1 saturated carbocycles. The Bertz CT molecular complexity index is 503. The molecule has 0 aromatic heterocycles. The second kappa shape index (κ2) is 13.7. The molecule has 4 nitrogen and oxygen atoms in total. The average Bonchev–Trinajstić information content (AvgIpc) is 2.96. The molecule has 0 aromatic rings. The first-order valence-electron chi connectivity index (χ1n) is 10.7. The number of carbonyl (C=O) groups is 2. The Kier molecular flexibility index (Phi) is 12.0. The quantitative estimate of drug-likeness (QED) is 0.311. The van der Waals surface area contributed by atoms with Crippen molar-refractivity contribution >= 4 is 11.8 Å². The van der Waals surface area contributed by atoms with Crippen LogP contribution in [0.15, 0.2) is 23.8 Å². The third-order valence-corrected chi connectivity index (χ3v) is 5.44. The summed E-state index contributed by atoms with van der Waals surface area (Å²) in [6, 6.07) is 0. The number of unbranched alkanes of at least 4 members (excludes halogenated alkanes) is 6. The molecule has 1 aliphatic carbocycles. The molecule has 0 bridgehead atoms. The Morgan fingerprint density at radius 3 is 2.52 bits per heavy atom. The third kappa shape index (κ3) is 10.5. The van der Waals surface area contributed by atoms with E-state index in [-0.39, 0.29) is 5.92 Å². The molecule has 154 valence electrons. The van der Waals surface area contributed by atoms with Gasteiger partial charge in [-0.05, 0) is 64.7 Å². The van der Waals surface area contributed by atoms with Crippen LogP contribution in [-0.2, 0) is 9.59 Å². The lowest BCUT2D eigenvalue weighted by Crippen LogP contribution is -2.19. The number of carbonyl (C=O) groups excluding carboxylic acids is 1. The molecular formula is C23H38O4. The minimum absolute atomic E-state index is 0.142. The molecule has 1 aliphatic rings. The summed E-state index contributed by atoms with van der Waals surface area (Å²) < 4.78 is 0. The van der Waals surface area contributed by atoms with Crippen LogP contribution in [0.2, 0.25) is 0 Å². The number of ketones is 1. The Balaban J connectivity index is 2.19. The van der Waals surface area contributed by atoms with E-state index >= 15 is 0 Å². The molecule has 1 unspecified atom stereocenters. The van der Waals surface area contributed by atoms with Crippen LogP contribution in [0.3, 0.4) is 0 Å². The summed E-state index contributed by atoms with van der Waals surface area (Å²) in [7, 11) is 0. The number of allylic oxidation sites excluding steroid dienone is 4. The van der Waals surface area contributed by atoms with Crippen LogP contribution in [0.1, 0.15) is 90.9 Å². The highest BCUT2D eigenvalue weighted by Crippen LogP contribution is 2.34. The van der Waals surface area contributed by atoms with Crippen molar-refractivity contribution in [1.29, 1.82) is 0 Å². The predicted molar refractivity (Wildman–Crippen MR) is 110 cm³/mol. The van der Waals surface area contributed by atoms with Gasteiger partial charge in [0.25, 0.3) is 0 Å². The maximum absolute atomic E-state index is 12.2. The van der Waals surface area contributed by atoms with Gasteiger partial charge in [-0.15, -0.1) is 0 Å². The summed E-state index contributed by atoms with van der Waals surface area (Å²) in [6.07, 6.45) is 16.9. The first kappa shape index (κ1) is 23.6. The minimum Gasteiger partial charge on any atom is -0.479 e. The van der Waals surface area contributed by atoms with Gasteiger partial charge in [-0.2, -0.15) is 0 Å². The summed E-state index contributed by atoms with van der Waals surface area (Å²) in [6.45, 7) is 4.28. The van der Waals surface area contributed by atoms with Crippen molar-refractivity contribution in [2.45, 2.75) is 97.0 Å². The summed E-state index contributed by atoms with van der Waals surface area (Å²) in [5.74, 6) is -0.240. The van der Waals surface area contributed by atoms with Crippen molar-refractivity contribution < 1.29 is 19.8 Å². The second-order valence-corrected chi connectivity index (χ2v) is 8.12. The number of carboxylic acids is 1. The summed E-state index contributed by atoms with van der Waals surface area (Å²) in [5, 5.41) is 17.9. The Hall–Kier alpha value is -1.42. The highest BCUT2D eigenvalue weighted by atomic mass is 16.4. The zero-order valence-corrected chi connectivity index (χ0v) is 17.2. The van der Waals surface area contributed by atoms with E-state index in [0.29, 0.717) is 31.0 Å². The Morgan fingerprint density at radius 1 is 1.11 bits per heavy atom. The fourth-order valence-electron chi connectivity index (χ4n) is 3.79.